The van der Waals surface area contributed by atoms with Gasteiger partial charge in [0.2, 0.25) is 0 Å². The van der Waals surface area contributed by atoms with Crippen molar-refractivity contribution < 1.29 is 8.42 Å². The summed E-state index contributed by atoms with van der Waals surface area (Å²) in [6.45, 7) is 5.72. The highest BCUT2D eigenvalue weighted by atomic mass is 32.2. The quantitative estimate of drug-likeness (QED) is 0.772. The number of sulfonamides is 1. The molecule has 3 rings (SSSR count). The van der Waals surface area contributed by atoms with Gasteiger partial charge in [-0.25, -0.2) is 13.4 Å². The van der Waals surface area contributed by atoms with Crippen LogP contribution in [0.1, 0.15) is 25.5 Å². The number of fused-ring (bicyclic) bond motifs is 1. The van der Waals surface area contributed by atoms with Crippen molar-refractivity contribution in [2.75, 3.05) is 4.72 Å². The molecule has 2 N–H and O–H groups in total. The Morgan fingerprint density at radius 2 is 2.09 bits per heavy atom. The van der Waals surface area contributed by atoms with Crippen LogP contribution in [0.2, 0.25) is 0 Å². The van der Waals surface area contributed by atoms with Gasteiger partial charge in [-0.3, -0.25) is 9.40 Å². The smallest absolute Gasteiger partial charge is 0.265 e. The predicted octanol–water partition coefficient (Wildman–Crippen LogP) is 2.45. The normalized spacial score (nSPS) is 12.2. The summed E-state index contributed by atoms with van der Waals surface area (Å²) in [7, 11) is -3.68. The first-order chi connectivity index (χ1) is 10.4. The molecule has 0 radical (unpaired) electrons. The fraction of sp³-hybridized carbons (Fsp3) is 0.286. The summed E-state index contributed by atoms with van der Waals surface area (Å²) in [5.41, 5.74) is 2.02. The molecular weight excluding hydrogens is 302 g/mol. The van der Waals surface area contributed by atoms with Crippen LogP contribution in [0.4, 0.5) is 5.69 Å². The molecular formula is C14H17N5O2S. The number of anilines is 1. The number of aromatic amines is 1. The van der Waals surface area contributed by atoms with E-state index in [0.717, 1.165) is 16.6 Å². The minimum absolute atomic E-state index is 0.101. The van der Waals surface area contributed by atoms with Crippen molar-refractivity contribution in [3.63, 3.8) is 0 Å². The number of aromatic nitrogens is 4. The molecule has 0 amide bonds. The molecule has 0 aliphatic rings. The van der Waals surface area contributed by atoms with Crippen LogP contribution in [-0.4, -0.2) is 28.2 Å². The Balaban J connectivity index is 1.97. The van der Waals surface area contributed by atoms with E-state index in [-0.39, 0.29) is 10.9 Å². The van der Waals surface area contributed by atoms with E-state index < -0.39 is 10.0 Å². The maximum atomic E-state index is 12.5. The fourth-order valence-corrected chi connectivity index (χ4v) is 3.24. The van der Waals surface area contributed by atoms with E-state index in [0.29, 0.717) is 5.69 Å². The minimum Gasteiger partial charge on any atom is -0.346 e. The average Bonchev–Trinajstić information content (AvgIpc) is 3.10. The minimum atomic E-state index is -3.68. The third-order valence-corrected chi connectivity index (χ3v) is 4.84. The zero-order valence-electron chi connectivity index (χ0n) is 12.5. The largest absolute Gasteiger partial charge is 0.346 e. The summed E-state index contributed by atoms with van der Waals surface area (Å²) < 4.78 is 29.1. The highest BCUT2D eigenvalue weighted by molar-refractivity contribution is 7.92. The van der Waals surface area contributed by atoms with Gasteiger partial charge in [-0.05, 0) is 32.4 Å². The lowest BCUT2D eigenvalue weighted by atomic mass is 10.2. The third-order valence-electron chi connectivity index (χ3n) is 3.52. The Bertz CT molecular complexity index is 924. The van der Waals surface area contributed by atoms with E-state index in [1.807, 2.05) is 26.8 Å². The summed E-state index contributed by atoms with van der Waals surface area (Å²) >= 11 is 0. The lowest BCUT2D eigenvalue weighted by molar-refractivity contribution is 0.531. The van der Waals surface area contributed by atoms with Crippen molar-refractivity contribution in [3.8, 4) is 0 Å². The van der Waals surface area contributed by atoms with Crippen LogP contribution in [0, 0.1) is 6.92 Å². The van der Waals surface area contributed by atoms with Crippen LogP contribution in [0.3, 0.4) is 0 Å². The zero-order valence-corrected chi connectivity index (χ0v) is 13.3. The van der Waals surface area contributed by atoms with Gasteiger partial charge < -0.3 is 4.98 Å². The molecule has 0 spiro atoms. The second-order valence-corrected chi connectivity index (χ2v) is 7.07. The van der Waals surface area contributed by atoms with Gasteiger partial charge in [-0.15, -0.1) is 0 Å². The molecule has 3 aromatic rings. The van der Waals surface area contributed by atoms with E-state index in [4.69, 9.17) is 0 Å². The first-order valence-corrected chi connectivity index (χ1v) is 8.36. The van der Waals surface area contributed by atoms with E-state index in [9.17, 15) is 8.42 Å². The second kappa shape index (κ2) is 5.13. The van der Waals surface area contributed by atoms with E-state index >= 15 is 0 Å². The highest BCUT2D eigenvalue weighted by Crippen LogP contribution is 2.25. The molecule has 3 heterocycles. The van der Waals surface area contributed by atoms with Crippen molar-refractivity contribution in [3.05, 3.63) is 36.4 Å². The first kappa shape index (κ1) is 14.6. The molecule has 0 bridgehead atoms. The molecule has 0 saturated heterocycles. The summed E-state index contributed by atoms with van der Waals surface area (Å²) in [4.78, 5) is 7.34. The van der Waals surface area contributed by atoms with E-state index in [1.54, 1.807) is 10.9 Å². The molecule has 22 heavy (non-hydrogen) atoms. The maximum Gasteiger partial charge on any atom is 0.265 e. The molecule has 0 saturated carbocycles. The lowest BCUT2D eigenvalue weighted by Gasteiger charge is -2.09. The number of rotatable bonds is 4. The van der Waals surface area contributed by atoms with Crippen LogP contribution >= 0.6 is 0 Å². The number of pyridine rings is 1. The Morgan fingerprint density at radius 1 is 1.32 bits per heavy atom. The van der Waals surface area contributed by atoms with Crippen LogP contribution in [-0.2, 0) is 10.0 Å². The summed E-state index contributed by atoms with van der Waals surface area (Å²) in [5, 5.41) is 4.95. The molecule has 116 valence electrons. The van der Waals surface area contributed by atoms with Gasteiger partial charge >= 0.3 is 0 Å². The van der Waals surface area contributed by atoms with Crippen molar-refractivity contribution >= 4 is 26.7 Å². The van der Waals surface area contributed by atoms with Crippen molar-refractivity contribution in [1.82, 2.24) is 19.7 Å². The number of hydrogen-bond donors (Lipinski definition) is 2. The Morgan fingerprint density at radius 3 is 2.77 bits per heavy atom. The van der Waals surface area contributed by atoms with Gasteiger partial charge in [-0.2, -0.15) is 5.10 Å². The summed E-state index contributed by atoms with van der Waals surface area (Å²) in [6, 6.07) is 1.97. The average molecular weight is 319 g/mol. The third kappa shape index (κ3) is 2.45. The van der Waals surface area contributed by atoms with E-state index in [1.165, 1.54) is 18.6 Å². The van der Waals surface area contributed by atoms with Crippen LogP contribution in [0.25, 0.3) is 11.0 Å². The highest BCUT2D eigenvalue weighted by Gasteiger charge is 2.19. The van der Waals surface area contributed by atoms with Crippen molar-refractivity contribution in [2.45, 2.75) is 31.7 Å². The summed E-state index contributed by atoms with van der Waals surface area (Å²) in [6.07, 6.45) is 6.15. The molecule has 0 aromatic carbocycles. The number of nitrogens with zero attached hydrogens (tertiary/aromatic N) is 3. The molecule has 8 heteroatoms. The number of aryl methyl sites for hydroxylation is 1. The van der Waals surface area contributed by atoms with Gasteiger partial charge in [0.05, 0.1) is 18.1 Å². The molecule has 3 aromatic heterocycles. The van der Waals surface area contributed by atoms with Crippen LogP contribution in [0.5, 0.6) is 0 Å². The fourth-order valence-electron chi connectivity index (χ4n) is 2.19. The van der Waals surface area contributed by atoms with Gasteiger partial charge in [0.25, 0.3) is 10.0 Å². The lowest BCUT2D eigenvalue weighted by Crippen LogP contribution is -2.13. The van der Waals surface area contributed by atoms with Gasteiger partial charge in [-0.1, -0.05) is 0 Å². The molecule has 7 nitrogen and oxygen atoms in total. The SMILES string of the molecule is Cc1c(NS(=O)(=O)c2cnn(C(C)C)c2)cnc2[nH]ccc12. The summed E-state index contributed by atoms with van der Waals surface area (Å²) in [5.74, 6) is 0. The maximum absolute atomic E-state index is 12.5. The van der Waals surface area contributed by atoms with Crippen molar-refractivity contribution in [2.24, 2.45) is 0 Å². The molecule has 0 aliphatic carbocycles. The van der Waals surface area contributed by atoms with Gasteiger partial charge in [0, 0.05) is 23.8 Å². The van der Waals surface area contributed by atoms with Crippen molar-refractivity contribution in [1.29, 1.82) is 0 Å². The molecule has 0 aliphatic heterocycles. The zero-order chi connectivity index (χ0) is 15.9. The Kier molecular flexibility index (Phi) is 3.40. The van der Waals surface area contributed by atoms with Crippen LogP contribution < -0.4 is 4.72 Å². The topological polar surface area (TPSA) is 92.7 Å². The van der Waals surface area contributed by atoms with Gasteiger partial charge in [0.15, 0.2) is 0 Å². The number of H-pyrrole nitrogens is 1. The Labute approximate surface area is 128 Å². The van der Waals surface area contributed by atoms with E-state index in [2.05, 4.69) is 19.8 Å². The standard InChI is InChI=1S/C14H17N5O2S/c1-9(2)19-8-11(6-17-19)22(20,21)18-13-7-16-14-12(10(13)3)4-5-15-14/h4-9,18H,1-3H3,(H,15,16). The Hall–Kier alpha value is -2.35. The van der Waals surface area contributed by atoms with Crippen LogP contribution in [0.15, 0.2) is 35.7 Å². The first-order valence-electron chi connectivity index (χ1n) is 6.88. The number of nitrogens with one attached hydrogen (secondary N) is 2. The molecule has 0 unspecified atom stereocenters. The van der Waals surface area contributed by atoms with Gasteiger partial charge in [0.1, 0.15) is 10.5 Å². The monoisotopic (exact) mass is 319 g/mol. The number of hydrogen-bond acceptors (Lipinski definition) is 4. The molecule has 0 atom stereocenters. The molecule has 0 fully saturated rings. The second-order valence-electron chi connectivity index (χ2n) is 5.39. The predicted molar refractivity (Wildman–Crippen MR) is 84.3 cm³/mol.